The Bertz CT molecular complexity index is 561. The van der Waals surface area contributed by atoms with E-state index in [1.165, 1.54) is 0 Å². The number of rotatable bonds is 3. The van der Waals surface area contributed by atoms with Crippen molar-refractivity contribution in [2.75, 3.05) is 0 Å². The van der Waals surface area contributed by atoms with Crippen LogP contribution >= 0.6 is 23.4 Å². The summed E-state index contributed by atoms with van der Waals surface area (Å²) < 4.78 is 0. The predicted octanol–water partition coefficient (Wildman–Crippen LogP) is 3.65. The largest absolute Gasteiger partial charge is 0.481 e. The monoisotopic (exact) mass is 309 g/mol. The maximum atomic E-state index is 11.1. The number of carboxylic acids is 1. The topological polar surface area (TPSA) is 49.7 Å². The number of benzene rings is 1. The number of carboxylic acid groups (broad SMARTS) is 1. The fourth-order valence-electron chi connectivity index (χ4n) is 2.91. The van der Waals surface area contributed by atoms with Crippen molar-refractivity contribution in [3.8, 4) is 0 Å². The highest BCUT2D eigenvalue weighted by Crippen LogP contribution is 2.40. The zero-order chi connectivity index (χ0) is 14.1. The number of carbonyl (C=O) groups is 1. The van der Waals surface area contributed by atoms with E-state index in [9.17, 15) is 4.79 Å². The molecule has 1 aromatic rings. The molecule has 1 aromatic carbocycles. The van der Waals surface area contributed by atoms with Gasteiger partial charge in [0.25, 0.3) is 0 Å². The molecule has 5 heteroatoms. The van der Waals surface area contributed by atoms with Gasteiger partial charge in [-0.1, -0.05) is 23.7 Å². The molecule has 20 heavy (non-hydrogen) atoms. The van der Waals surface area contributed by atoms with E-state index in [2.05, 4.69) is 6.07 Å². The van der Waals surface area contributed by atoms with Gasteiger partial charge in [0, 0.05) is 16.7 Å². The van der Waals surface area contributed by atoms with Gasteiger partial charge in [0.2, 0.25) is 0 Å². The second kappa shape index (κ2) is 5.78. The fourth-order valence-corrected chi connectivity index (χ4v) is 4.60. The van der Waals surface area contributed by atoms with Crippen LogP contribution in [0.3, 0.4) is 0 Å². The summed E-state index contributed by atoms with van der Waals surface area (Å²) in [5.74, 6) is -0.850. The molecule has 2 aliphatic rings. The molecule has 1 saturated carbocycles. The van der Waals surface area contributed by atoms with Gasteiger partial charge >= 0.3 is 5.97 Å². The van der Waals surface area contributed by atoms with Crippen LogP contribution in [-0.2, 0) is 11.2 Å². The molecule has 1 fully saturated rings. The van der Waals surface area contributed by atoms with Crippen molar-refractivity contribution in [1.29, 1.82) is 0 Å². The zero-order valence-corrected chi connectivity index (χ0v) is 12.5. The molecule has 3 nitrogen and oxygen atoms in total. The van der Waals surface area contributed by atoms with E-state index in [1.54, 1.807) is 11.8 Å². The van der Waals surface area contributed by atoms with Gasteiger partial charge in [-0.3, -0.25) is 9.79 Å². The van der Waals surface area contributed by atoms with Gasteiger partial charge < -0.3 is 5.11 Å². The first kappa shape index (κ1) is 14.0. The van der Waals surface area contributed by atoms with Crippen LogP contribution in [0.15, 0.2) is 29.3 Å². The molecule has 0 saturated heterocycles. The Kier molecular flexibility index (Phi) is 4.03. The molecule has 1 aliphatic carbocycles. The number of thioether (sulfide) groups is 1. The van der Waals surface area contributed by atoms with Gasteiger partial charge in [0.05, 0.1) is 17.0 Å². The average molecular weight is 310 g/mol. The molecule has 0 amide bonds. The number of nitrogens with zero attached hydrogens (tertiary/aromatic N) is 1. The van der Waals surface area contributed by atoms with Gasteiger partial charge in [-0.15, -0.1) is 11.8 Å². The highest BCUT2D eigenvalue weighted by Gasteiger charge is 2.38. The SMILES string of the molecule is O=C(O)C1CCC2N=C(Cc3cccc(Cl)c3)SC2C1. The summed E-state index contributed by atoms with van der Waals surface area (Å²) >= 11 is 7.75. The third-order valence-electron chi connectivity index (χ3n) is 3.95. The number of aliphatic imine (C=N–C) groups is 1. The van der Waals surface area contributed by atoms with Gasteiger partial charge in [-0.05, 0) is 37.0 Å². The Balaban J connectivity index is 1.65. The van der Waals surface area contributed by atoms with E-state index in [0.717, 1.165) is 41.3 Å². The van der Waals surface area contributed by atoms with Crippen LogP contribution in [0.5, 0.6) is 0 Å². The maximum Gasteiger partial charge on any atom is 0.306 e. The zero-order valence-electron chi connectivity index (χ0n) is 11.0. The molecule has 3 unspecified atom stereocenters. The minimum atomic E-state index is -0.660. The van der Waals surface area contributed by atoms with Crippen molar-refractivity contribution in [3.05, 3.63) is 34.9 Å². The lowest BCUT2D eigenvalue weighted by atomic mass is 9.86. The fraction of sp³-hybridized carbons (Fsp3) is 0.467. The Morgan fingerprint density at radius 3 is 3.05 bits per heavy atom. The van der Waals surface area contributed by atoms with Crippen LogP contribution in [0, 0.1) is 5.92 Å². The second-order valence-electron chi connectivity index (χ2n) is 5.40. The smallest absolute Gasteiger partial charge is 0.306 e. The van der Waals surface area contributed by atoms with E-state index in [-0.39, 0.29) is 5.92 Å². The standard InChI is InChI=1S/C15H16ClNO2S/c16-11-3-1-2-9(6-11)7-14-17-12-5-4-10(15(18)19)8-13(12)20-14/h1-3,6,10,12-13H,4-5,7-8H2,(H,18,19). The third-order valence-corrected chi connectivity index (χ3v) is 5.51. The number of hydrogen-bond donors (Lipinski definition) is 1. The average Bonchev–Trinajstić information content (AvgIpc) is 2.79. The van der Waals surface area contributed by atoms with Crippen LogP contribution in [0.25, 0.3) is 0 Å². The molecule has 0 bridgehead atoms. The molecule has 0 radical (unpaired) electrons. The van der Waals surface area contributed by atoms with E-state index in [0.29, 0.717) is 11.3 Å². The van der Waals surface area contributed by atoms with Gasteiger partial charge in [0.1, 0.15) is 0 Å². The van der Waals surface area contributed by atoms with Crippen molar-refractivity contribution in [3.63, 3.8) is 0 Å². The Hall–Kier alpha value is -1.000. The summed E-state index contributed by atoms with van der Waals surface area (Å²) in [5.41, 5.74) is 1.16. The predicted molar refractivity (Wildman–Crippen MR) is 82.7 cm³/mol. The molecule has 1 N–H and O–H groups in total. The van der Waals surface area contributed by atoms with Gasteiger partial charge in [-0.2, -0.15) is 0 Å². The normalized spacial score (nSPS) is 28.9. The molecule has 0 aromatic heterocycles. The summed E-state index contributed by atoms with van der Waals surface area (Å²) in [7, 11) is 0. The van der Waals surface area contributed by atoms with Crippen molar-refractivity contribution in [2.45, 2.75) is 37.0 Å². The molecule has 1 aliphatic heterocycles. The maximum absolute atomic E-state index is 11.1. The quantitative estimate of drug-likeness (QED) is 0.927. The summed E-state index contributed by atoms with van der Waals surface area (Å²) in [6.07, 6.45) is 3.20. The number of hydrogen-bond acceptors (Lipinski definition) is 3. The molecular weight excluding hydrogens is 294 g/mol. The van der Waals surface area contributed by atoms with Crippen molar-refractivity contribution in [2.24, 2.45) is 10.9 Å². The van der Waals surface area contributed by atoms with Crippen LogP contribution in [0.1, 0.15) is 24.8 Å². The Morgan fingerprint density at radius 1 is 1.45 bits per heavy atom. The second-order valence-corrected chi connectivity index (χ2v) is 7.15. The summed E-state index contributed by atoms with van der Waals surface area (Å²) in [6.45, 7) is 0. The van der Waals surface area contributed by atoms with Crippen LogP contribution < -0.4 is 0 Å². The molecule has 3 rings (SSSR count). The van der Waals surface area contributed by atoms with Crippen LogP contribution in [-0.4, -0.2) is 27.4 Å². The molecule has 1 heterocycles. The van der Waals surface area contributed by atoms with Gasteiger partial charge in [-0.25, -0.2) is 0 Å². The molecular formula is C15H16ClNO2S. The minimum Gasteiger partial charge on any atom is -0.481 e. The van der Waals surface area contributed by atoms with E-state index < -0.39 is 5.97 Å². The first-order valence-corrected chi connectivity index (χ1v) is 8.08. The highest BCUT2D eigenvalue weighted by molar-refractivity contribution is 8.14. The summed E-state index contributed by atoms with van der Waals surface area (Å²) in [5, 5.41) is 11.3. The van der Waals surface area contributed by atoms with Crippen molar-refractivity contribution < 1.29 is 9.90 Å². The summed E-state index contributed by atoms with van der Waals surface area (Å²) in [4.78, 5) is 15.9. The Labute approximate surface area is 127 Å². The number of aliphatic carboxylic acids is 1. The summed E-state index contributed by atoms with van der Waals surface area (Å²) in [6, 6.07) is 8.14. The first-order valence-electron chi connectivity index (χ1n) is 6.82. The lowest BCUT2D eigenvalue weighted by Crippen LogP contribution is -2.31. The number of fused-ring (bicyclic) bond motifs is 1. The lowest BCUT2D eigenvalue weighted by Gasteiger charge is -2.27. The lowest BCUT2D eigenvalue weighted by molar-refractivity contribution is -0.142. The van der Waals surface area contributed by atoms with Crippen molar-refractivity contribution in [1.82, 2.24) is 0 Å². The van der Waals surface area contributed by atoms with Crippen LogP contribution in [0.2, 0.25) is 5.02 Å². The van der Waals surface area contributed by atoms with Crippen LogP contribution in [0.4, 0.5) is 0 Å². The van der Waals surface area contributed by atoms with E-state index in [4.69, 9.17) is 21.7 Å². The Morgan fingerprint density at radius 2 is 2.30 bits per heavy atom. The van der Waals surface area contributed by atoms with E-state index in [1.807, 2.05) is 18.2 Å². The molecule has 0 spiro atoms. The minimum absolute atomic E-state index is 0.190. The molecule has 106 valence electrons. The molecule has 3 atom stereocenters. The number of halogens is 1. The third kappa shape index (κ3) is 3.01. The van der Waals surface area contributed by atoms with E-state index >= 15 is 0 Å². The first-order chi connectivity index (χ1) is 9.61. The highest BCUT2D eigenvalue weighted by atomic mass is 35.5. The van der Waals surface area contributed by atoms with Gasteiger partial charge in [0.15, 0.2) is 0 Å². The van der Waals surface area contributed by atoms with Crippen molar-refractivity contribution >= 4 is 34.4 Å².